The number of fused-ring (bicyclic) bond motifs is 2. The van der Waals surface area contributed by atoms with Crippen LogP contribution in [0, 0.1) is 0 Å². The topological polar surface area (TPSA) is 83.3 Å². The first-order chi connectivity index (χ1) is 16.2. The number of rotatable bonds is 4. The number of benzene rings is 2. The van der Waals surface area contributed by atoms with Gasteiger partial charge in [-0.15, -0.1) is 11.3 Å². The predicted octanol–water partition coefficient (Wildman–Crippen LogP) is 3.73. The first-order valence-corrected chi connectivity index (χ1v) is 11.9. The van der Waals surface area contributed by atoms with Crippen molar-refractivity contribution < 1.29 is 23.7 Å². The Morgan fingerprint density at radius 2 is 1.91 bits per heavy atom. The van der Waals surface area contributed by atoms with E-state index < -0.39 is 0 Å². The molecule has 4 heterocycles. The summed E-state index contributed by atoms with van der Waals surface area (Å²) < 4.78 is 25.0. The first-order valence-electron chi connectivity index (χ1n) is 11.0. The van der Waals surface area contributed by atoms with E-state index in [9.17, 15) is 4.79 Å². The number of carbonyl (C=O) groups is 1. The molecule has 33 heavy (non-hydrogen) atoms. The molecule has 9 heteroatoms. The van der Waals surface area contributed by atoms with Crippen molar-refractivity contribution in [1.82, 2.24) is 4.57 Å². The van der Waals surface area contributed by atoms with Crippen LogP contribution >= 0.6 is 11.3 Å². The predicted molar refractivity (Wildman–Crippen MR) is 123 cm³/mol. The first kappa shape index (κ1) is 20.3. The van der Waals surface area contributed by atoms with E-state index in [-0.39, 0.29) is 18.6 Å². The third-order valence-electron chi connectivity index (χ3n) is 5.87. The Balaban J connectivity index is 1.41. The van der Waals surface area contributed by atoms with Gasteiger partial charge in [-0.1, -0.05) is 0 Å². The molecular formula is C24H23N3O5S. The van der Waals surface area contributed by atoms with Crippen LogP contribution in [0.5, 0.6) is 17.2 Å². The fourth-order valence-corrected chi connectivity index (χ4v) is 5.21. The molecular weight excluding hydrogens is 442 g/mol. The van der Waals surface area contributed by atoms with Gasteiger partial charge in [0.15, 0.2) is 22.9 Å². The van der Waals surface area contributed by atoms with E-state index in [4.69, 9.17) is 23.9 Å². The van der Waals surface area contributed by atoms with Gasteiger partial charge in [0, 0.05) is 23.6 Å². The van der Waals surface area contributed by atoms with Gasteiger partial charge in [-0.2, -0.15) is 0 Å². The van der Waals surface area contributed by atoms with Crippen molar-refractivity contribution in [2.45, 2.75) is 25.5 Å². The minimum atomic E-state index is -0.147. The second kappa shape index (κ2) is 8.57. The third-order valence-corrected chi connectivity index (χ3v) is 6.73. The van der Waals surface area contributed by atoms with Crippen LogP contribution in [-0.2, 0) is 16.1 Å². The van der Waals surface area contributed by atoms with Crippen molar-refractivity contribution in [2.24, 2.45) is 4.99 Å². The number of amides is 1. The quantitative estimate of drug-likeness (QED) is 0.635. The fourth-order valence-electron chi connectivity index (χ4n) is 4.27. The van der Waals surface area contributed by atoms with E-state index in [1.165, 1.54) is 0 Å². The van der Waals surface area contributed by atoms with E-state index in [2.05, 4.69) is 15.3 Å². The molecule has 0 radical (unpaired) electrons. The molecule has 3 aromatic rings. The highest BCUT2D eigenvalue weighted by Crippen LogP contribution is 2.35. The Morgan fingerprint density at radius 1 is 1.03 bits per heavy atom. The maximum atomic E-state index is 11.8. The van der Waals surface area contributed by atoms with Crippen LogP contribution in [-0.4, -0.2) is 43.0 Å². The summed E-state index contributed by atoms with van der Waals surface area (Å²) in [5.41, 5.74) is 3.50. The normalized spacial score (nSPS) is 19.7. The molecule has 1 aromatic heterocycles. The Labute approximate surface area is 194 Å². The van der Waals surface area contributed by atoms with Crippen molar-refractivity contribution in [1.29, 1.82) is 0 Å². The van der Waals surface area contributed by atoms with Crippen molar-refractivity contribution in [3.63, 3.8) is 0 Å². The highest BCUT2D eigenvalue weighted by Gasteiger charge is 2.21. The molecule has 3 aliphatic rings. The van der Waals surface area contributed by atoms with E-state index >= 15 is 0 Å². The number of hydrogen-bond donors (Lipinski definition) is 1. The minimum absolute atomic E-state index is 0.0440. The van der Waals surface area contributed by atoms with E-state index in [1.807, 2.05) is 36.4 Å². The van der Waals surface area contributed by atoms with Crippen molar-refractivity contribution in [2.75, 3.05) is 31.7 Å². The molecule has 1 saturated heterocycles. The summed E-state index contributed by atoms with van der Waals surface area (Å²) in [5, 5.41) is 4.99. The van der Waals surface area contributed by atoms with Gasteiger partial charge < -0.3 is 28.8 Å². The number of hydrogen-bond acceptors (Lipinski definition) is 7. The zero-order valence-electron chi connectivity index (χ0n) is 17.9. The molecule has 1 atom stereocenters. The molecule has 1 unspecified atom stereocenters. The van der Waals surface area contributed by atoms with Crippen molar-refractivity contribution in [3.8, 4) is 28.5 Å². The number of aromatic nitrogens is 1. The lowest BCUT2D eigenvalue weighted by Crippen LogP contribution is -2.25. The van der Waals surface area contributed by atoms with Crippen LogP contribution < -0.4 is 24.3 Å². The van der Waals surface area contributed by atoms with Gasteiger partial charge in [0.2, 0.25) is 0 Å². The number of ether oxygens (including phenoxy) is 4. The number of carbonyl (C=O) groups excluding carboxylic acids is 1. The summed E-state index contributed by atoms with van der Waals surface area (Å²) in [7, 11) is 0. The number of anilines is 1. The highest BCUT2D eigenvalue weighted by molar-refractivity contribution is 7.07. The van der Waals surface area contributed by atoms with E-state index in [1.54, 1.807) is 11.3 Å². The average molecular weight is 466 g/mol. The lowest BCUT2D eigenvalue weighted by molar-refractivity contribution is -0.118. The number of nitrogens with zero attached hydrogens (tertiary/aromatic N) is 2. The smallest absolute Gasteiger partial charge is 0.262 e. The lowest BCUT2D eigenvalue weighted by atomic mass is 10.1. The van der Waals surface area contributed by atoms with Crippen LogP contribution in [0.2, 0.25) is 0 Å². The molecule has 1 amide bonds. The molecule has 0 spiro atoms. The van der Waals surface area contributed by atoms with Gasteiger partial charge in [-0.25, -0.2) is 4.99 Å². The summed E-state index contributed by atoms with van der Waals surface area (Å²) in [4.78, 5) is 17.6. The molecule has 0 bridgehead atoms. The largest absolute Gasteiger partial charge is 0.486 e. The number of thiazole rings is 1. The van der Waals surface area contributed by atoms with Gasteiger partial charge in [0.05, 0.1) is 29.7 Å². The molecule has 1 N–H and O–H groups in total. The minimum Gasteiger partial charge on any atom is -0.486 e. The second-order valence-electron chi connectivity index (χ2n) is 8.14. The third kappa shape index (κ3) is 4.09. The monoisotopic (exact) mass is 465 g/mol. The van der Waals surface area contributed by atoms with Crippen molar-refractivity contribution in [3.05, 3.63) is 46.6 Å². The molecule has 3 aliphatic heterocycles. The SMILES string of the molecule is O=C1COc2ccc(-c3csc(=Nc4ccc5c(c4)OCCO5)n3CC3CCCO3)cc2N1. The summed E-state index contributed by atoms with van der Waals surface area (Å²) in [5.74, 6) is 2.00. The van der Waals surface area contributed by atoms with Crippen LogP contribution in [0.25, 0.3) is 11.3 Å². The second-order valence-corrected chi connectivity index (χ2v) is 8.97. The molecule has 2 aromatic carbocycles. The van der Waals surface area contributed by atoms with Crippen LogP contribution in [0.4, 0.5) is 11.4 Å². The molecule has 6 rings (SSSR count). The van der Waals surface area contributed by atoms with Crippen LogP contribution in [0.3, 0.4) is 0 Å². The summed E-state index contributed by atoms with van der Waals surface area (Å²) in [6, 6.07) is 11.6. The van der Waals surface area contributed by atoms with Gasteiger partial charge in [0.25, 0.3) is 5.91 Å². The van der Waals surface area contributed by atoms with Gasteiger partial charge in [-0.3, -0.25) is 4.79 Å². The summed E-state index contributed by atoms with van der Waals surface area (Å²) in [6.45, 7) is 2.65. The Bertz CT molecular complexity index is 1280. The maximum absolute atomic E-state index is 11.8. The molecule has 1 fully saturated rings. The zero-order chi connectivity index (χ0) is 22.2. The van der Waals surface area contributed by atoms with Gasteiger partial charge >= 0.3 is 0 Å². The summed E-state index contributed by atoms with van der Waals surface area (Å²) in [6.07, 6.45) is 2.25. The Hall–Kier alpha value is -3.30. The highest BCUT2D eigenvalue weighted by atomic mass is 32.1. The van der Waals surface area contributed by atoms with Crippen LogP contribution in [0.15, 0.2) is 46.8 Å². The average Bonchev–Trinajstić information content (AvgIpc) is 3.49. The van der Waals surface area contributed by atoms with E-state index in [0.29, 0.717) is 31.2 Å². The van der Waals surface area contributed by atoms with Crippen LogP contribution in [0.1, 0.15) is 12.8 Å². The molecule has 0 aliphatic carbocycles. The van der Waals surface area contributed by atoms with E-state index in [0.717, 1.165) is 52.7 Å². The van der Waals surface area contributed by atoms with Gasteiger partial charge in [0.1, 0.15) is 19.0 Å². The lowest BCUT2D eigenvalue weighted by Gasteiger charge is -2.19. The van der Waals surface area contributed by atoms with Gasteiger partial charge in [-0.05, 0) is 43.2 Å². The number of nitrogens with one attached hydrogen (secondary N) is 1. The standard InChI is InChI=1S/C24H23N3O5S/c28-23-13-32-20-5-3-15(10-18(20)26-23)19-14-33-24(27(19)12-17-2-1-7-29-17)25-16-4-6-21-22(11-16)31-9-8-30-21/h3-6,10-11,14,17H,1-2,7-9,12-13H2,(H,26,28). The maximum Gasteiger partial charge on any atom is 0.262 e. The molecule has 8 nitrogen and oxygen atoms in total. The molecule has 170 valence electrons. The van der Waals surface area contributed by atoms with Crippen molar-refractivity contribution >= 4 is 28.6 Å². The zero-order valence-corrected chi connectivity index (χ0v) is 18.7. The molecule has 0 saturated carbocycles. The Morgan fingerprint density at radius 3 is 2.79 bits per heavy atom. The summed E-state index contributed by atoms with van der Waals surface area (Å²) >= 11 is 1.57. The Kier molecular flexibility index (Phi) is 5.27. The fraction of sp³-hybridized carbons (Fsp3) is 0.333.